The van der Waals surface area contributed by atoms with Gasteiger partial charge in [-0.2, -0.15) is 0 Å². The molecule has 3 fully saturated rings. The molecule has 4 aliphatic carbocycles. The van der Waals surface area contributed by atoms with Crippen molar-refractivity contribution >= 4 is 28.9 Å². The van der Waals surface area contributed by atoms with Crippen molar-refractivity contribution in [2.24, 2.45) is 40.4 Å². The van der Waals surface area contributed by atoms with Crippen molar-refractivity contribution in [3.05, 3.63) is 28.8 Å². The zero-order valence-electron chi connectivity index (χ0n) is 23.6. The molecule has 210 valence electrons. The van der Waals surface area contributed by atoms with Gasteiger partial charge in [-0.1, -0.05) is 71.9 Å². The number of carbonyl (C=O) groups is 5. The predicted octanol–water partition coefficient (Wildman–Crippen LogP) is 4.22. The van der Waals surface area contributed by atoms with Gasteiger partial charge in [0.15, 0.2) is 28.7 Å². The number of Topliss-reactive ketones (excluding diaryl/α,β-unsaturated/α-hetero) is 5. The van der Waals surface area contributed by atoms with E-state index in [2.05, 4.69) is 0 Å². The molecule has 2 N–H and O–H groups in total. The molecule has 1 aromatic carbocycles. The van der Waals surface area contributed by atoms with Crippen LogP contribution in [0.5, 0.6) is 5.75 Å². The lowest BCUT2D eigenvalue weighted by Gasteiger charge is -2.61. The summed E-state index contributed by atoms with van der Waals surface area (Å²) in [5.41, 5.74) is -3.68. The number of hydrogen-bond acceptors (Lipinski definition) is 7. The van der Waals surface area contributed by atoms with Gasteiger partial charge in [0.1, 0.15) is 17.5 Å². The van der Waals surface area contributed by atoms with Crippen molar-refractivity contribution < 1.29 is 34.2 Å². The van der Waals surface area contributed by atoms with Gasteiger partial charge in [0.2, 0.25) is 0 Å². The van der Waals surface area contributed by atoms with E-state index in [1.807, 2.05) is 12.1 Å². The molecular weight excluding hydrogens is 496 g/mol. The molecule has 7 nitrogen and oxygen atoms in total. The first-order valence-corrected chi connectivity index (χ1v) is 14.4. The molecule has 0 amide bonds. The summed E-state index contributed by atoms with van der Waals surface area (Å²) in [7, 11) is 0. The van der Waals surface area contributed by atoms with Crippen molar-refractivity contribution in [2.75, 3.05) is 0 Å². The maximum absolute atomic E-state index is 14.3. The Morgan fingerprint density at radius 1 is 1.03 bits per heavy atom. The van der Waals surface area contributed by atoms with Crippen molar-refractivity contribution in [1.82, 2.24) is 0 Å². The van der Waals surface area contributed by atoms with E-state index >= 15 is 0 Å². The molecule has 1 aromatic rings. The lowest BCUT2D eigenvalue weighted by molar-refractivity contribution is -0.205. The topological polar surface area (TPSA) is 126 Å². The summed E-state index contributed by atoms with van der Waals surface area (Å²) in [6.45, 7) is 8.08. The number of ketones is 5. The van der Waals surface area contributed by atoms with Gasteiger partial charge in [0, 0.05) is 11.3 Å². The van der Waals surface area contributed by atoms with E-state index in [0.717, 1.165) is 32.6 Å². The summed E-state index contributed by atoms with van der Waals surface area (Å²) in [4.78, 5) is 68.2. The van der Waals surface area contributed by atoms with Gasteiger partial charge in [-0.3, -0.25) is 24.0 Å². The van der Waals surface area contributed by atoms with Crippen molar-refractivity contribution in [3.63, 3.8) is 0 Å². The summed E-state index contributed by atoms with van der Waals surface area (Å²) in [6, 6.07) is 3.74. The lowest BCUT2D eigenvalue weighted by Crippen LogP contribution is -2.76. The van der Waals surface area contributed by atoms with Gasteiger partial charge in [0.05, 0.1) is 11.5 Å². The second kappa shape index (κ2) is 9.18. The fourth-order valence-electron chi connectivity index (χ4n) is 9.04. The van der Waals surface area contributed by atoms with Gasteiger partial charge in [-0.15, -0.1) is 0 Å². The maximum atomic E-state index is 14.3. The Kier molecular flexibility index (Phi) is 6.57. The van der Waals surface area contributed by atoms with Crippen LogP contribution in [0.2, 0.25) is 0 Å². The van der Waals surface area contributed by atoms with E-state index in [9.17, 15) is 34.2 Å². The van der Waals surface area contributed by atoms with E-state index in [-0.39, 0.29) is 30.1 Å². The number of rotatable bonds is 4. The number of hydrogen-bond donors (Lipinski definition) is 2. The first-order chi connectivity index (χ1) is 18.2. The van der Waals surface area contributed by atoms with Crippen LogP contribution in [0.1, 0.15) is 94.6 Å². The number of aromatic hydroxyl groups is 1. The van der Waals surface area contributed by atoms with Crippen LogP contribution in [0.15, 0.2) is 12.1 Å². The minimum atomic E-state index is -2.65. The van der Waals surface area contributed by atoms with E-state index < -0.39 is 63.1 Å². The summed E-state index contributed by atoms with van der Waals surface area (Å²) < 4.78 is 0. The molecule has 5 rings (SSSR count). The summed E-state index contributed by atoms with van der Waals surface area (Å²) in [5, 5.41) is 23.4. The largest absolute Gasteiger partial charge is 0.507 e. The van der Waals surface area contributed by atoms with Gasteiger partial charge in [-0.05, 0) is 54.6 Å². The van der Waals surface area contributed by atoms with Crippen LogP contribution in [-0.2, 0) is 32.0 Å². The zero-order valence-corrected chi connectivity index (χ0v) is 23.6. The highest BCUT2D eigenvalue weighted by Gasteiger charge is 2.76. The number of phenolic OH excluding ortho intramolecular Hbond substituents is 1. The minimum absolute atomic E-state index is 0.0770. The predicted molar refractivity (Wildman–Crippen MR) is 143 cm³/mol. The zero-order chi connectivity index (χ0) is 28.7. The summed E-state index contributed by atoms with van der Waals surface area (Å²) in [5.74, 6) is -7.96. The van der Waals surface area contributed by atoms with Gasteiger partial charge >= 0.3 is 0 Å². The SMILES string of the molecule is CC(=O)C1C(=O)C(C(C)C)[C@@]2(C)C[C@@]3(C)Cc4ccc(CC5CCCCC5)c(O)c4C(=O)C3C(=O)[C@@]2(O)C1=O. The number of carbonyl (C=O) groups excluding carboxylic acids is 5. The fraction of sp³-hybridized carbons (Fsp3) is 0.656. The molecule has 39 heavy (non-hydrogen) atoms. The first-order valence-electron chi connectivity index (χ1n) is 14.4. The molecule has 0 spiro atoms. The smallest absolute Gasteiger partial charge is 0.190 e. The van der Waals surface area contributed by atoms with Crippen molar-refractivity contribution in [1.29, 1.82) is 0 Å². The Hall–Kier alpha value is -2.67. The lowest BCUT2D eigenvalue weighted by atomic mass is 9.40. The van der Waals surface area contributed by atoms with E-state index in [0.29, 0.717) is 23.5 Å². The Labute approximate surface area is 229 Å². The number of aliphatic hydroxyl groups is 1. The van der Waals surface area contributed by atoms with Gasteiger partial charge in [-0.25, -0.2) is 0 Å². The molecule has 0 aliphatic heterocycles. The number of fused-ring (bicyclic) bond motifs is 3. The number of benzene rings is 1. The highest BCUT2D eigenvalue weighted by molar-refractivity contribution is 6.32. The molecule has 3 unspecified atom stereocenters. The summed E-state index contributed by atoms with van der Waals surface area (Å²) in [6.07, 6.45) is 6.68. The maximum Gasteiger partial charge on any atom is 0.190 e. The standard InChI is InChI=1S/C32H40O7/c1-16(2)23-26(35)21(17(3)33)28(37)32(39)29(38)24-27(36)22-20(14-30(24,4)15-31(23,32)5)12-11-19(25(22)34)13-18-9-7-6-8-10-18/h11-12,16,18,21,23-24,34,39H,6-10,13-15H2,1-5H3/t21?,23?,24?,30-,31-,32+/m1/s1. The molecule has 0 aromatic heterocycles. The quantitative estimate of drug-likeness (QED) is 0.552. The van der Waals surface area contributed by atoms with E-state index in [4.69, 9.17) is 0 Å². The van der Waals surface area contributed by atoms with E-state index in [1.54, 1.807) is 27.7 Å². The second-order valence-electron chi connectivity index (χ2n) is 13.6. The molecule has 0 bridgehead atoms. The van der Waals surface area contributed by atoms with Gasteiger partial charge < -0.3 is 10.2 Å². The minimum Gasteiger partial charge on any atom is -0.507 e. The first kappa shape index (κ1) is 27.9. The van der Waals surface area contributed by atoms with Crippen LogP contribution in [-0.4, -0.2) is 44.7 Å². The average molecular weight is 537 g/mol. The highest BCUT2D eigenvalue weighted by Crippen LogP contribution is 2.63. The molecule has 0 heterocycles. The average Bonchev–Trinajstić information content (AvgIpc) is 2.83. The van der Waals surface area contributed by atoms with Crippen molar-refractivity contribution in [2.45, 2.75) is 91.6 Å². The molecular formula is C32H40O7. The van der Waals surface area contributed by atoms with Crippen LogP contribution >= 0.6 is 0 Å². The Morgan fingerprint density at radius 2 is 1.67 bits per heavy atom. The molecule has 0 radical (unpaired) electrons. The van der Waals surface area contributed by atoms with Crippen LogP contribution in [0.4, 0.5) is 0 Å². The Bertz CT molecular complexity index is 1290. The summed E-state index contributed by atoms with van der Waals surface area (Å²) >= 11 is 0. The van der Waals surface area contributed by atoms with Gasteiger partial charge in [0.25, 0.3) is 0 Å². The van der Waals surface area contributed by atoms with Crippen LogP contribution < -0.4 is 0 Å². The van der Waals surface area contributed by atoms with E-state index in [1.165, 1.54) is 6.42 Å². The van der Waals surface area contributed by atoms with Crippen LogP contribution in [0.25, 0.3) is 0 Å². The molecule has 7 heteroatoms. The molecule has 6 atom stereocenters. The third kappa shape index (κ3) is 3.75. The normalized spacial score (nSPS) is 36.9. The molecule has 0 saturated heterocycles. The Morgan fingerprint density at radius 3 is 2.26 bits per heavy atom. The third-order valence-electron chi connectivity index (χ3n) is 10.6. The van der Waals surface area contributed by atoms with Crippen LogP contribution in [0, 0.1) is 40.4 Å². The Balaban J connectivity index is 1.62. The highest BCUT2D eigenvalue weighted by atomic mass is 16.3. The second-order valence-corrected chi connectivity index (χ2v) is 13.6. The molecule has 4 aliphatic rings. The molecule has 3 saturated carbocycles. The monoisotopic (exact) mass is 536 g/mol. The van der Waals surface area contributed by atoms with Crippen LogP contribution in [0.3, 0.4) is 0 Å². The third-order valence-corrected chi connectivity index (χ3v) is 10.6. The number of phenols is 1. The fourth-order valence-corrected chi connectivity index (χ4v) is 9.04. The van der Waals surface area contributed by atoms with Crippen molar-refractivity contribution in [3.8, 4) is 5.75 Å².